The van der Waals surface area contributed by atoms with Crippen molar-refractivity contribution in [3.05, 3.63) is 0 Å². The van der Waals surface area contributed by atoms with Crippen molar-refractivity contribution in [1.29, 1.82) is 0 Å². The van der Waals surface area contributed by atoms with Crippen LogP contribution in [0.5, 0.6) is 0 Å². The summed E-state index contributed by atoms with van der Waals surface area (Å²) in [5.41, 5.74) is 0. The number of rotatable bonds is 2. The van der Waals surface area contributed by atoms with Crippen molar-refractivity contribution in [3.63, 3.8) is 0 Å². The van der Waals surface area contributed by atoms with Crippen LogP contribution in [0.2, 0.25) is 0 Å². The Bertz CT molecular complexity index is 379. The molecule has 0 radical (unpaired) electrons. The second kappa shape index (κ2) is 4.31. The van der Waals surface area contributed by atoms with Gasteiger partial charge in [0, 0.05) is 19.1 Å². The number of carboxylic acid groups (broad SMARTS) is 1. The molecule has 0 amide bonds. The van der Waals surface area contributed by atoms with Gasteiger partial charge < -0.3 is 9.84 Å². The summed E-state index contributed by atoms with van der Waals surface area (Å²) < 4.78 is 27.7. The maximum Gasteiger partial charge on any atom is 0.334 e. The molecule has 2 aliphatic heterocycles. The van der Waals surface area contributed by atoms with Crippen LogP contribution in [0.3, 0.4) is 0 Å². The molecule has 0 aromatic heterocycles. The Morgan fingerprint density at radius 1 is 1.44 bits per heavy atom. The highest BCUT2D eigenvalue weighted by atomic mass is 32.2. The number of ether oxygens (including phenoxy) is 1. The van der Waals surface area contributed by atoms with Crippen LogP contribution in [0.4, 0.5) is 0 Å². The zero-order valence-electron chi connectivity index (χ0n) is 8.83. The van der Waals surface area contributed by atoms with Crippen LogP contribution >= 0.6 is 0 Å². The maximum absolute atomic E-state index is 11.3. The number of carboxylic acids is 1. The maximum atomic E-state index is 11.3. The van der Waals surface area contributed by atoms with E-state index in [1.54, 1.807) is 0 Å². The van der Waals surface area contributed by atoms with E-state index >= 15 is 0 Å². The molecule has 2 saturated heterocycles. The van der Waals surface area contributed by atoms with E-state index in [2.05, 4.69) is 0 Å². The Morgan fingerprint density at radius 3 is 2.75 bits per heavy atom. The van der Waals surface area contributed by atoms with Gasteiger partial charge in [0.25, 0.3) is 0 Å². The van der Waals surface area contributed by atoms with Gasteiger partial charge in [-0.1, -0.05) is 0 Å². The molecule has 7 heteroatoms. The van der Waals surface area contributed by atoms with Gasteiger partial charge in [0.1, 0.15) is 0 Å². The average Bonchev–Trinajstić information content (AvgIpc) is 2.59. The van der Waals surface area contributed by atoms with Crippen molar-refractivity contribution in [1.82, 2.24) is 4.90 Å². The summed E-state index contributed by atoms with van der Waals surface area (Å²) in [6, 6.07) is -0.0317. The number of sulfone groups is 1. The zero-order valence-corrected chi connectivity index (χ0v) is 9.65. The van der Waals surface area contributed by atoms with Crippen molar-refractivity contribution in [3.8, 4) is 0 Å². The lowest BCUT2D eigenvalue weighted by atomic mass is 10.2. The van der Waals surface area contributed by atoms with Gasteiger partial charge in [-0.05, 0) is 6.42 Å². The molecule has 6 nitrogen and oxygen atoms in total. The van der Waals surface area contributed by atoms with Gasteiger partial charge in [-0.2, -0.15) is 0 Å². The Labute approximate surface area is 94.1 Å². The number of morpholine rings is 1. The second-order valence-electron chi connectivity index (χ2n) is 4.25. The highest BCUT2D eigenvalue weighted by Crippen LogP contribution is 2.20. The largest absolute Gasteiger partial charge is 0.479 e. The number of hydrogen-bond donors (Lipinski definition) is 1. The molecule has 0 aromatic rings. The Balaban J connectivity index is 1.98. The lowest BCUT2D eigenvalue weighted by molar-refractivity contribution is -0.156. The molecule has 2 unspecified atom stereocenters. The second-order valence-corrected chi connectivity index (χ2v) is 6.48. The van der Waals surface area contributed by atoms with Gasteiger partial charge in [0.05, 0.1) is 18.1 Å². The molecular weight excluding hydrogens is 234 g/mol. The van der Waals surface area contributed by atoms with E-state index in [9.17, 15) is 13.2 Å². The summed E-state index contributed by atoms with van der Waals surface area (Å²) in [6.07, 6.45) is -0.216. The minimum atomic E-state index is -2.91. The van der Waals surface area contributed by atoms with E-state index in [4.69, 9.17) is 9.84 Å². The van der Waals surface area contributed by atoms with Crippen LogP contribution in [0, 0.1) is 0 Å². The topological polar surface area (TPSA) is 83.9 Å². The lowest BCUT2D eigenvalue weighted by Gasteiger charge is -2.34. The van der Waals surface area contributed by atoms with Crippen LogP contribution in [-0.4, -0.2) is 67.7 Å². The molecule has 0 aliphatic carbocycles. The van der Waals surface area contributed by atoms with Gasteiger partial charge in [-0.25, -0.2) is 13.2 Å². The number of nitrogens with zero attached hydrogens (tertiary/aromatic N) is 1. The first-order valence-electron chi connectivity index (χ1n) is 5.27. The zero-order chi connectivity index (χ0) is 11.8. The molecule has 2 atom stereocenters. The number of carbonyl (C=O) groups is 1. The molecule has 0 saturated carbocycles. The highest BCUT2D eigenvalue weighted by Gasteiger charge is 2.36. The summed E-state index contributed by atoms with van der Waals surface area (Å²) in [5, 5.41) is 8.83. The molecule has 2 heterocycles. The van der Waals surface area contributed by atoms with E-state index in [0.717, 1.165) is 0 Å². The van der Waals surface area contributed by atoms with E-state index in [1.807, 2.05) is 4.90 Å². The van der Waals surface area contributed by atoms with Crippen molar-refractivity contribution in [2.45, 2.75) is 18.6 Å². The first-order chi connectivity index (χ1) is 7.48. The number of aliphatic carboxylic acids is 1. The smallest absolute Gasteiger partial charge is 0.334 e. The molecule has 0 spiro atoms. The van der Waals surface area contributed by atoms with E-state index < -0.39 is 21.9 Å². The Kier molecular flexibility index (Phi) is 3.18. The summed E-state index contributed by atoms with van der Waals surface area (Å²) in [7, 11) is -2.91. The summed E-state index contributed by atoms with van der Waals surface area (Å²) in [5.74, 6) is -0.614. The molecule has 2 fully saturated rings. The first kappa shape index (κ1) is 11.8. The quantitative estimate of drug-likeness (QED) is 0.673. The van der Waals surface area contributed by atoms with Crippen molar-refractivity contribution >= 4 is 15.8 Å². The lowest BCUT2D eigenvalue weighted by Crippen LogP contribution is -2.50. The van der Waals surface area contributed by atoms with E-state index in [0.29, 0.717) is 19.6 Å². The van der Waals surface area contributed by atoms with Crippen LogP contribution in [0.1, 0.15) is 6.42 Å². The third-order valence-electron chi connectivity index (χ3n) is 3.10. The third-order valence-corrected chi connectivity index (χ3v) is 4.85. The van der Waals surface area contributed by atoms with Crippen LogP contribution < -0.4 is 0 Å². The molecular formula is C9H15NO5S. The van der Waals surface area contributed by atoms with Crippen LogP contribution in [-0.2, 0) is 19.4 Å². The molecule has 16 heavy (non-hydrogen) atoms. The predicted molar refractivity (Wildman–Crippen MR) is 56.0 cm³/mol. The third kappa shape index (κ3) is 2.53. The fraction of sp³-hybridized carbons (Fsp3) is 0.889. The van der Waals surface area contributed by atoms with Gasteiger partial charge in [0.2, 0.25) is 0 Å². The molecule has 2 aliphatic rings. The molecule has 0 bridgehead atoms. The Hall–Kier alpha value is -0.660. The highest BCUT2D eigenvalue weighted by molar-refractivity contribution is 7.91. The van der Waals surface area contributed by atoms with E-state index in [1.165, 1.54) is 0 Å². The van der Waals surface area contributed by atoms with Gasteiger partial charge in [-0.3, -0.25) is 4.90 Å². The van der Waals surface area contributed by atoms with Crippen molar-refractivity contribution in [2.24, 2.45) is 0 Å². The normalized spacial score (nSPS) is 35.0. The fourth-order valence-corrected chi connectivity index (χ4v) is 3.98. The minimum Gasteiger partial charge on any atom is -0.479 e. The summed E-state index contributed by atoms with van der Waals surface area (Å²) >= 11 is 0. The first-order valence-corrected chi connectivity index (χ1v) is 7.09. The summed E-state index contributed by atoms with van der Waals surface area (Å²) in [4.78, 5) is 12.7. The molecule has 2 rings (SSSR count). The van der Waals surface area contributed by atoms with Gasteiger partial charge >= 0.3 is 5.97 Å². The summed E-state index contributed by atoms with van der Waals surface area (Å²) in [6.45, 7) is 1.26. The molecule has 1 N–H and O–H groups in total. The standard InChI is InChI=1S/C9H15NO5S/c11-9(12)8-5-10(2-3-15-8)7-1-4-16(13,14)6-7/h7-8H,1-6H2,(H,11,12). The predicted octanol–water partition coefficient (Wildman–Crippen LogP) is -1.04. The van der Waals surface area contributed by atoms with Gasteiger partial charge in [0.15, 0.2) is 15.9 Å². The fourth-order valence-electron chi connectivity index (χ4n) is 2.21. The molecule has 0 aromatic carbocycles. The minimum absolute atomic E-state index is 0.0317. The van der Waals surface area contributed by atoms with E-state index in [-0.39, 0.29) is 24.1 Å². The number of hydrogen-bond acceptors (Lipinski definition) is 5. The van der Waals surface area contributed by atoms with Crippen LogP contribution in [0.15, 0.2) is 0 Å². The van der Waals surface area contributed by atoms with Crippen molar-refractivity contribution in [2.75, 3.05) is 31.2 Å². The average molecular weight is 249 g/mol. The monoisotopic (exact) mass is 249 g/mol. The SMILES string of the molecule is O=C(O)C1CN(C2CCS(=O)(=O)C2)CCO1. The molecule has 92 valence electrons. The van der Waals surface area contributed by atoms with Gasteiger partial charge in [-0.15, -0.1) is 0 Å². The van der Waals surface area contributed by atoms with Crippen molar-refractivity contribution < 1.29 is 23.1 Å². The Morgan fingerprint density at radius 2 is 2.19 bits per heavy atom. The van der Waals surface area contributed by atoms with Crippen LogP contribution in [0.25, 0.3) is 0 Å².